The lowest BCUT2D eigenvalue weighted by Gasteiger charge is -2.07. The van der Waals surface area contributed by atoms with Crippen LogP contribution in [0.15, 0.2) is 12.1 Å². The van der Waals surface area contributed by atoms with Crippen molar-refractivity contribution in [3.63, 3.8) is 0 Å². The van der Waals surface area contributed by atoms with Crippen LogP contribution in [0.4, 0.5) is 0 Å². The number of nitriles is 1. The highest BCUT2D eigenvalue weighted by Crippen LogP contribution is 2.17. The summed E-state index contributed by atoms with van der Waals surface area (Å²) in [5, 5.41) is 8.92. The lowest BCUT2D eigenvalue weighted by molar-refractivity contribution is -0.118. The second-order valence-corrected chi connectivity index (χ2v) is 3.78. The first-order valence-electron chi connectivity index (χ1n) is 5.10. The van der Waals surface area contributed by atoms with Crippen LogP contribution < -0.4 is 0 Å². The van der Waals surface area contributed by atoms with Crippen molar-refractivity contribution in [1.29, 1.82) is 5.26 Å². The summed E-state index contributed by atoms with van der Waals surface area (Å²) in [5.74, 6) is 0.215. The number of aryl methyl sites for hydroxylation is 1. The van der Waals surface area contributed by atoms with Gasteiger partial charge in [0.2, 0.25) is 0 Å². The quantitative estimate of drug-likeness (QED) is 0.754. The molecule has 0 aliphatic rings. The van der Waals surface area contributed by atoms with Gasteiger partial charge in [-0.15, -0.1) is 0 Å². The van der Waals surface area contributed by atoms with Crippen molar-refractivity contribution in [2.24, 2.45) is 0 Å². The third kappa shape index (κ3) is 2.66. The molecule has 0 aliphatic heterocycles. The highest BCUT2D eigenvalue weighted by atomic mass is 16.1. The van der Waals surface area contributed by atoms with Gasteiger partial charge in [0, 0.05) is 12.8 Å². The third-order valence-corrected chi connectivity index (χ3v) is 2.56. The smallest absolute Gasteiger partial charge is 0.137 e. The third-order valence-electron chi connectivity index (χ3n) is 2.56. The van der Waals surface area contributed by atoms with Crippen molar-refractivity contribution >= 4 is 5.78 Å². The van der Waals surface area contributed by atoms with Gasteiger partial charge < -0.3 is 0 Å². The molecule has 2 heteroatoms. The number of hydrogen-bond donors (Lipinski definition) is 0. The topological polar surface area (TPSA) is 40.9 Å². The summed E-state index contributed by atoms with van der Waals surface area (Å²) in [6.45, 7) is 5.70. The maximum absolute atomic E-state index is 11.4. The van der Waals surface area contributed by atoms with Gasteiger partial charge in [0.25, 0.3) is 0 Å². The highest BCUT2D eigenvalue weighted by molar-refractivity contribution is 5.81. The van der Waals surface area contributed by atoms with Crippen molar-refractivity contribution in [2.75, 3.05) is 0 Å². The van der Waals surface area contributed by atoms with E-state index in [9.17, 15) is 4.79 Å². The van der Waals surface area contributed by atoms with Crippen LogP contribution in [0.5, 0.6) is 0 Å². The fraction of sp³-hybridized carbons (Fsp3) is 0.385. The second-order valence-electron chi connectivity index (χ2n) is 3.78. The number of carbonyl (C=O) groups is 1. The molecule has 0 saturated heterocycles. The largest absolute Gasteiger partial charge is 0.299 e. The van der Waals surface area contributed by atoms with E-state index in [4.69, 9.17) is 5.26 Å². The molecular formula is C13H15NO. The fourth-order valence-corrected chi connectivity index (χ4v) is 1.57. The van der Waals surface area contributed by atoms with Gasteiger partial charge >= 0.3 is 0 Å². The van der Waals surface area contributed by atoms with E-state index in [2.05, 4.69) is 6.07 Å². The summed E-state index contributed by atoms with van der Waals surface area (Å²) in [5.41, 5.74) is 3.63. The van der Waals surface area contributed by atoms with Crippen LogP contribution in [0, 0.1) is 25.2 Å². The monoisotopic (exact) mass is 201 g/mol. The molecule has 0 bridgehead atoms. The number of benzene rings is 1. The van der Waals surface area contributed by atoms with Gasteiger partial charge in [0.05, 0.1) is 11.6 Å². The van der Waals surface area contributed by atoms with Crippen LogP contribution in [-0.2, 0) is 11.2 Å². The molecule has 0 spiro atoms. The van der Waals surface area contributed by atoms with Gasteiger partial charge in [0.15, 0.2) is 0 Å². The molecule has 78 valence electrons. The van der Waals surface area contributed by atoms with E-state index in [0.717, 1.165) is 16.7 Å². The zero-order valence-corrected chi connectivity index (χ0v) is 9.42. The van der Waals surface area contributed by atoms with Gasteiger partial charge in [-0.25, -0.2) is 0 Å². The minimum Gasteiger partial charge on any atom is -0.299 e. The Bertz CT molecular complexity index is 427. The van der Waals surface area contributed by atoms with E-state index >= 15 is 0 Å². The molecule has 0 N–H and O–H groups in total. The van der Waals surface area contributed by atoms with Crippen LogP contribution in [0.2, 0.25) is 0 Å². The molecule has 1 aromatic carbocycles. The zero-order chi connectivity index (χ0) is 11.4. The van der Waals surface area contributed by atoms with Crippen molar-refractivity contribution in [2.45, 2.75) is 33.6 Å². The van der Waals surface area contributed by atoms with Gasteiger partial charge in [-0.3, -0.25) is 4.79 Å². The molecule has 0 heterocycles. The molecule has 0 unspecified atom stereocenters. The van der Waals surface area contributed by atoms with Crippen LogP contribution in [0.1, 0.15) is 35.6 Å². The molecular weight excluding hydrogens is 186 g/mol. The molecule has 0 fully saturated rings. The Morgan fingerprint density at radius 1 is 1.40 bits per heavy atom. The Labute approximate surface area is 90.5 Å². The maximum Gasteiger partial charge on any atom is 0.137 e. The Morgan fingerprint density at radius 3 is 2.60 bits per heavy atom. The van der Waals surface area contributed by atoms with Gasteiger partial charge in [-0.1, -0.05) is 13.0 Å². The summed E-state index contributed by atoms with van der Waals surface area (Å²) in [6.07, 6.45) is 0.994. The van der Waals surface area contributed by atoms with E-state index in [1.165, 1.54) is 0 Å². The Balaban J connectivity index is 3.13. The SMILES string of the molecule is CCC(=O)Cc1cc(C)cc(C#N)c1C. The standard InChI is InChI=1S/C13H15NO/c1-4-13(15)7-11-5-9(2)6-12(8-14)10(11)3/h5-6H,4,7H2,1-3H3. The second kappa shape index (κ2) is 4.75. The van der Waals surface area contributed by atoms with E-state index in [1.54, 1.807) is 0 Å². The molecule has 0 radical (unpaired) electrons. The molecule has 0 saturated carbocycles. The number of Topliss-reactive ketones (excluding diaryl/α,β-unsaturated/α-hetero) is 1. The predicted molar refractivity (Wildman–Crippen MR) is 59.6 cm³/mol. The van der Waals surface area contributed by atoms with Crippen molar-refractivity contribution in [3.8, 4) is 6.07 Å². The lowest BCUT2D eigenvalue weighted by atomic mass is 9.96. The van der Waals surface area contributed by atoms with E-state index < -0.39 is 0 Å². The van der Waals surface area contributed by atoms with Crippen molar-refractivity contribution in [3.05, 3.63) is 34.4 Å². The summed E-state index contributed by atoms with van der Waals surface area (Å²) in [4.78, 5) is 11.4. The molecule has 2 nitrogen and oxygen atoms in total. The molecule has 15 heavy (non-hydrogen) atoms. The van der Waals surface area contributed by atoms with Crippen molar-refractivity contribution in [1.82, 2.24) is 0 Å². The van der Waals surface area contributed by atoms with Gasteiger partial charge in [-0.05, 0) is 36.6 Å². The number of nitrogens with zero attached hydrogens (tertiary/aromatic N) is 1. The Hall–Kier alpha value is -1.62. The van der Waals surface area contributed by atoms with Crippen molar-refractivity contribution < 1.29 is 4.79 Å². The minimum atomic E-state index is 0.215. The van der Waals surface area contributed by atoms with Crippen LogP contribution in [-0.4, -0.2) is 5.78 Å². The molecule has 0 atom stereocenters. The average Bonchev–Trinajstić information content (AvgIpc) is 2.22. The molecule has 1 aromatic rings. The number of rotatable bonds is 3. The normalized spacial score (nSPS) is 9.73. The molecule has 0 aliphatic carbocycles. The number of hydrogen-bond acceptors (Lipinski definition) is 2. The maximum atomic E-state index is 11.4. The average molecular weight is 201 g/mol. The van der Waals surface area contributed by atoms with Crippen LogP contribution in [0.3, 0.4) is 0 Å². The fourth-order valence-electron chi connectivity index (χ4n) is 1.57. The molecule has 0 aromatic heterocycles. The van der Waals surface area contributed by atoms with Gasteiger partial charge in [0.1, 0.15) is 5.78 Å². The zero-order valence-electron chi connectivity index (χ0n) is 9.42. The van der Waals surface area contributed by atoms with Gasteiger partial charge in [-0.2, -0.15) is 5.26 Å². The molecule has 0 amide bonds. The lowest BCUT2D eigenvalue weighted by Crippen LogP contribution is -2.03. The number of carbonyl (C=O) groups excluding carboxylic acids is 1. The highest BCUT2D eigenvalue weighted by Gasteiger charge is 2.08. The van der Waals surface area contributed by atoms with Crippen LogP contribution in [0.25, 0.3) is 0 Å². The first-order chi connectivity index (χ1) is 7.08. The van der Waals surface area contributed by atoms with E-state index in [-0.39, 0.29) is 5.78 Å². The summed E-state index contributed by atoms with van der Waals surface area (Å²) in [7, 11) is 0. The summed E-state index contributed by atoms with van der Waals surface area (Å²) < 4.78 is 0. The Kier molecular flexibility index (Phi) is 3.62. The van der Waals surface area contributed by atoms with E-state index in [0.29, 0.717) is 18.4 Å². The number of ketones is 1. The minimum absolute atomic E-state index is 0.215. The van der Waals surface area contributed by atoms with Crippen LogP contribution >= 0.6 is 0 Å². The summed E-state index contributed by atoms with van der Waals surface area (Å²) in [6, 6.07) is 6.00. The summed E-state index contributed by atoms with van der Waals surface area (Å²) >= 11 is 0. The molecule has 1 rings (SSSR count). The predicted octanol–water partition coefficient (Wildman–Crippen LogP) is 2.70. The first-order valence-corrected chi connectivity index (χ1v) is 5.10. The Morgan fingerprint density at radius 2 is 2.07 bits per heavy atom. The van der Waals surface area contributed by atoms with E-state index in [1.807, 2.05) is 32.9 Å². The first kappa shape index (κ1) is 11.5.